The fourth-order valence-corrected chi connectivity index (χ4v) is 1.60. The zero-order valence-corrected chi connectivity index (χ0v) is 11.8. The van der Waals surface area contributed by atoms with E-state index in [1.807, 2.05) is 24.3 Å². The molecular weight excluding hydrogens is 300 g/mol. The molecule has 2 N–H and O–H groups in total. The molecule has 0 bridgehead atoms. The maximum Gasteiger partial charge on any atom is 0.314 e. The number of nitrogens with one attached hydrogen (secondary N) is 2. The molecular formula is C12H17BrN2O3. The van der Waals surface area contributed by atoms with E-state index in [1.165, 1.54) is 0 Å². The van der Waals surface area contributed by atoms with Crippen LogP contribution < -0.4 is 15.4 Å². The molecule has 0 aliphatic carbocycles. The normalized spacial score (nSPS) is 9.89. The van der Waals surface area contributed by atoms with Gasteiger partial charge in [-0.25, -0.2) is 4.79 Å². The molecule has 1 rings (SSSR count). The van der Waals surface area contributed by atoms with E-state index in [-0.39, 0.29) is 6.03 Å². The summed E-state index contributed by atoms with van der Waals surface area (Å²) < 4.78 is 11.2. The highest BCUT2D eigenvalue weighted by molar-refractivity contribution is 9.10. The van der Waals surface area contributed by atoms with Gasteiger partial charge in [0, 0.05) is 18.1 Å². The zero-order chi connectivity index (χ0) is 13.2. The van der Waals surface area contributed by atoms with E-state index in [9.17, 15) is 4.79 Å². The molecule has 0 unspecified atom stereocenters. The standard InChI is InChI=1S/C12H17BrN2O3/c1-17-7-5-14-12(16)15-6-8-18-11-4-2-3-10(13)9-11/h2-4,9H,5-8H2,1H3,(H2,14,15,16). The van der Waals surface area contributed by atoms with Gasteiger partial charge in [-0.2, -0.15) is 0 Å². The van der Waals surface area contributed by atoms with E-state index >= 15 is 0 Å². The van der Waals surface area contributed by atoms with Crippen molar-refractivity contribution in [1.29, 1.82) is 0 Å². The van der Waals surface area contributed by atoms with E-state index < -0.39 is 0 Å². The van der Waals surface area contributed by atoms with Crippen molar-refractivity contribution in [3.8, 4) is 5.75 Å². The number of hydrogen-bond acceptors (Lipinski definition) is 3. The van der Waals surface area contributed by atoms with Gasteiger partial charge in [0.15, 0.2) is 0 Å². The maximum absolute atomic E-state index is 11.2. The Morgan fingerprint density at radius 3 is 2.67 bits per heavy atom. The Labute approximate surface area is 115 Å². The number of carbonyl (C=O) groups is 1. The highest BCUT2D eigenvalue weighted by Gasteiger charge is 1.99. The Morgan fingerprint density at radius 1 is 1.28 bits per heavy atom. The van der Waals surface area contributed by atoms with Crippen LogP contribution in [0, 0.1) is 0 Å². The van der Waals surface area contributed by atoms with E-state index in [2.05, 4.69) is 26.6 Å². The van der Waals surface area contributed by atoms with Gasteiger partial charge in [-0.1, -0.05) is 22.0 Å². The van der Waals surface area contributed by atoms with Gasteiger partial charge in [0.25, 0.3) is 0 Å². The third-order valence-corrected chi connectivity index (χ3v) is 2.54. The van der Waals surface area contributed by atoms with Crippen molar-refractivity contribution in [2.45, 2.75) is 0 Å². The minimum Gasteiger partial charge on any atom is -0.492 e. The first-order chi connectivity index (χ1) is 8.72. The molecule has 0 atom stereocenters. The number of carbonyl (C=O) groups excluding carboxylic acids is 1. The van der Waals surface area contributed by atoms with E-state index in [4.69, 9.17) is 9.47 Å². The summed E-state index contributed by atoms with van der Waals surface area (Å²) in [5.41, 5.74) is 0. The Bertz CT molecular complexity index is 374. The maximum atomic E-state index is 11.2. The van der Waals surface area contributed by atoms with Crippen molar-refractivity contribution in [2.24, 2.45) is 0 Å². The summed E-state index contributed by atoms with van der Waals surface area (Å²) in [6, 6.07) is 7.34. The lowest BCUT2D eigenvalue weighted by Crippen LogP contribution is -2.39. The summed E-state index contributed by atoms with van der Waals surface area (Å²) in [4.78, 5) is 11.2. The fraction of sp³-hybridized carbons (Fsp3) is 0.417. The third kappa shape index (κ3) is 6.46. The number of halogens is 1. The summed E-state index contributed by atoms with van der Waals surface area (Å²) in [6.07, 6.45) is 0. The number of methoxy groups -OCH3 is 1. The number of amides is 2. The Hall–Kier alpha value is -1.27. The lowest BCUT2D eigenvalue weighted by atomic mass is 10.3. The van der Waals surface area contributed by atoms with Crippen molar-refractivity contribution >= 4 is 22.0 Å². The smallest absolute Gasteiger partial charge is 0.314 e. The number of ether oxygens (including phenoxy) is 2. The Morgan fingerprint density at radius 2 is 2.00 bits per heavy atom. The van der Waals surface area contributed by atoms with Crippen LogP contribution in [0.15, 0.2) is 28.7 Å². The summed E-state index contributed by atoms with van der Waals surface area (Å²) in [7, 11) is 1.59. The Balaban J connectivity index is 2.09. The van der Waals surface area contributed by atoms with Crippen LogP contribution in [-0.4, -0.2) is 39.4 Å². The zero-order valence-electron chi connectivity index (χ0n) is 10.2. The van der Waals surface area contributed by atoms with Crippen molar-refractivity contribution in [1.82, 2.24) is 10.6 Å². The van der Waals surface area contributed by atoms with Crippen molar-refractivity contribution in [2.75, 3.05) is 33.4 Å². The molecule has 0 aliphatic heterocycles. The predicted octanol–water partition coefficient (Wildman–Crippen LogP) is 1.77. The lowest BCUT2D eigenvalue weighted by molar-refractivity contribution is 0.195. The van der Waals surface area contributed by atoms with Gasteiger partial charge in [0.05, 0.1) is 13.2 Å². The fourth-order valence-electron chi connectivity index (χ4n) is 1.22. The SMILES string of the molecule is COCCNC(=O)NCCOc1cccc(Br)c1. The number of hydrogen-bond donors (Lipinski definition) is 2. The molecule has 6 heteroatoms. The predicted molar refractivity (Wildman–Crippen MR) is 72.9 cm³/mol. The molecule has 0 aromatic heterocycles. The van der Waals surface area contributed by atoms with Crippen LogP contribution in [0.3, 0.4) is 0 Å². The molecule has 0 fully saturated rings. The molecule has 5 nitrogen and oxygen atoms in total. The molecule has 0 spiro atoms. The van der Waals surface area contributed by atoms with Gasteiger partial charge in [-0.05, 0) is 18.2 Å². The second kappa shape index (κ2) is 8.77. The highest BCUT2D eigenvalue weighted by atomic mass is 79.9. The first-order valence-electron chi connectivity index (χ1n) is 5.61. The van der Waals surface area contributed by atoms with E-state index in [1.54, 1.807) is 7.11 Å². The number of benzene rings is 1. The van der Waals surface area contributed by atoms with E-state index in [0.717, 1.165) is 10.2 Å². The molecule has 100 valence electrons. The first-order valence-corrected chi connectivity index (χ1v) is 6.40. The van der Waals surface area contributed by atoms with Gasteiger partial charge in [0.1, 0.15) is 12.4 Å². The second-order valence-electron chi connectivity index (χ2n) is 3.48. The summed E-state index contributed by atoms with van der Waals surface area (Å²) in [5.74, 6) is 0.769. The van der Waals surface area contributed by atoms with Crippen LogP contribution in [0.25, 0.3) is 0 Å². The van der Waals surface area contributed by atoms with Gasteiger partial charge in [0.2, 0.25) is 0 Å². The van der Waals surface area contributed by atoms with Crippen LogP contribution in [0.1, 0.15) is 0 Å². The summed E-state index contributed by atoms with van der Waals surface area (Å²) in [5, 5.41) is 5.34. The largest absolute Gasteiger partial charge is 0.492 e. The first kappa shape index (κ1) is 14.8. The summed E-state index contributed by atoms with van der Waals surface area (Å²) in [6.45, 7) is 1.87. The van der Waals surface area contributed by atoms with Crippen LogP contribution >= 0.6 is 15.9 Å². The molecule has 0 saturated carbocycles. The average Bonchev–Trinajstić information content (AvgIpc) is 2.35. The molecule has 0 radical (unpaired) electrons. The van der Waals surface area contributed by atoms with Gasteiger partial charge >= 0.3 is 6.03 Å². The highest BCUT2D eigenvalue weighted by Crippen LogP contribution is 2.17. The molecule has 0 saturated heterocycles. The number of urea groups is 1. The molecule has 1 aromatic carbocycles. The van der Waals surface area contributed by atoms with Crippen LogP contribution in [-0.2, 0) is 4.74 Å². The molecule has 0 aliphatic rings. The third-order valence-electron chi connectivity index (χ3n) is 2.04. The van der Waals surface area contributed by atoms with Gasteiger partial charge < -0.3 is 20.1 Å². The topological polar surface area (TPSA) is 59.6 Å². The quantitative estimate of drug-likeness (QED) is 0.754. The van der Waals surface area contributed by atoms with Crippen LogP contribution in [0.5, 0.6) is 5.75 Å². The van der Waals surface area contributed by atoms with Crippen LogP contribution in [0.2, 0.25) is 0 Å². The van der Waals surface area contributed by atoms with Crippen molar-refractivity contribution in [3.05, 3.63) is 28.7 Å². The second-order valence-corrected chi connectivity index (χ2v) is 4.40. The number of rotatable bonds is 7. The van der Waals surface area contributed by atoms with E-state index in [0.29, 0.717) is 26.3 Å². The molecule has 2 amide bonds. The van der Waals surface area contributed by atoms with Gasteiger partial charge in [-0.15, -0.1) is 0 Å². The molecule has 0 heterocycles. The summed E-state index contributed by atoms with van der Waals surface area (Å²) >= 11 is 3.36. The minimum absolute atomic E-state index is 0.218. The average molecular weight is 317 g/mol. The lowest BCUT2D eigenvalue weighted by Gasteiger charge is -2.09. The minimum atomic E-state index is -0.218. The van der Waals surface area contributed by atoms with Crippen LogP contribution in [0.4, 0.5) is 4.79 Å². The molecule has 1 aromatic rings. The van der Waals surface area contributed by atoms with Crippen molar-refractivity contribution in [3.63, 3.8) is 0 Å². The van der Waals surface area contributed by atoms with Crippen molar-refractivity contribution < 1.29 is 14.3 Å². The molecule has 18 heavy (non-hydrogen) atoms. The Kier molecular flexibility index (Phi) is 7.20. The monoisotopic (exact) mass is 316 g/mol. The van der Waals surface area contributed by atoms with Gasteiger partial charge in [-0.3, -0.25) is 0 Å².